The van der Waals surface area contributed by atoms with Crippen LogP contribution >= 0.6 is 0 Å². The Balaban J connectivity index is 2.26. The topological polar surface area (TPSA) is 17.1 Å². The van der Waals surface area contributed by atoms with E-state index in [2.05, 4.69) is 26.8 Å². The molecule has 0 saturated carbocycles. The van der Waals surface area contributed by atoms with E-state index in [1.165, 1.54) is 5.57 Å². The van der Waals surface area contributed by atoms with E-state index in [1.54, 1.807) is 6.08 Å². The first-order valence-corrected chi connectivity index (χ1v) is 6.84. The van der Waals surface area contributed by atoms with E-state index in [4.69, 9.17) is 0 Å². The van der Waals surface area contributed by atoms with Crippen LogP contribution in [0.25, 0.3) is 0 Å². The van der Waals surface area contributed by atoms with Crippen molar-refractivity contribution in [2.75, 3.05) is 0 Å². The second-order valence-electron chi connectivity index (χ2n) is 6.46. The molecule has 2 rings (SSSR count). The van der Waals surface area contributed by atoms with Crippen molar-refractivity contribution in [3.05, 3.63) is 58.7 Å². The molecule has 1 aliphatic carbocycles. The first-order valence-electron chi connectivity index (χ1n) is 6.84. The fourth-order valence-electron chi connectivity index (χ4n) is 2.93. The van der Waals surface area contributed by atoms with Crippen LogP contribution < -0.4 is 0 Å². The fraction of sp³-hybridized carbons (Fsp3) is 0.389. The van der Waals surface area contributed by atoms with Crippen LogP contribution in [0.3, 0.4) is 0 Å². The highest BCUT2D eigenvalue weighted by molar-refractivity contribution is 6.05. The van der Waals surface area contributed by atoms with Crippen molar-refractivity contribution < 1.29 is 4.79 Å². The van der Waals surface area contributed by atoms with E-state index in [1.807, 2.05) is 31.2 Å². The molecular formula is C18H22O. The summed E-state index contributed by atoms with van der Waals surface area (Å²) in [4.78, 5) is 12.3. The van der Waals surface area contributed by atoms with Crippen LogP contribution in [0.1, 0.15) is 49.5 Å². The molecule has 19 heavy (non-hydrogen) atoms. The van der Waals surface area contributed by atoms with Gasteiger partial charge in [0.2, 0.25) is 0 Å². The van der Waals surface area contributed by atoms with Gasteiger partial charge in [-0.25, -0.2) is 0 Å². The smallest absolute Gasteiger partial charge is 0.186 e. The number of carbonyl (C=O) groups excluding carboxylic acids is 1. The molecule has 0 aliphatic heterocycles. The van der Waals surface area contributed by atoms with E-state index >= 15 is 0 Å². The molecule has 1 aromatic carbocycles. The number of rotatable bonds is 2. The van der Waals surface area contributed by atoms with Gasteiger partial charge in [-0.2, -0.15) is 0 Å². The first-order chi connectivity index (χ1) is 8.85. The Morgan fingerprint density at radius 2 is 1.95 bits per heavy atom. The molecule has 0 fully saturated rings. The third-order valence-electron chi connectivity index (χ3n) is 3.49. The molecule has 1 aromatic rings. The van der Waals surface area contributed by atoms with Gasteiger partial charge < -0.3 is 0 Å². The van der Waals surface area contributed by atoms with Crippen LogP contribution in [0.4, 0.5) is 0 Å². The molecule has 0 spiro atoms. The summed E-state index contributed by atoms with van der Waals surface area (Å²) in [7, 11) is 0. The van der Waals surface area contributed by atoms with Crippen molar-refractivity contribution in [2.45, 2.75) is 40.5 Å². The van der Waals surface area contributed by atoms with Gasteiger partial charge in [-0.15, -0.1) is 0 Å². The molecule has 0 radical (unpaired) electrons. The molecular weight excluding hydrogens is 232 g/mol. The highest BCUT2D eigenvalue weighted by Gasteiger charge is 2.24. The lowest BCUT2D eigenvalue weighted by Gasteiger charge is -2.30. The summed E-state index contributed by atoms with van der Waals surface area (Å²) >= 11 is 0. The molecule has 0 bridgehead atoms. The minimum absolute atomic E-state index is 0.112. The predicted molar refractivity (Wildman–Crippen MR) is 80.4 cm³/mol. The van der Waals surface area contributed by atoms with Crippen molar-refractivity contribution >= 4 is 5.78 Å². The van der Waals surface area contributed by atoms with Crippen LogP contribution in [0.15, 0.2) is 47.6 Å². The van der Waals surface area contributed by atoms with Gasteiger partial charge in [0.25, 0.3) is 0 Å². The number of benzene rings is 1. The Hall–Kier alpha value is -1.63. The monoisotopic (exact) mass is 254 g/mol. The lowest BCUT2D eigenvalue weighted by atomic mass is 9.75. The standard InChI is InChI=1S/C18H22O/c1-13-6-5-7-16(9-13)17(19)10-15-8-14(2)11-18(3,4)12-15/h5-10H,11-12H2,1-4H3/b15-10+. The number of hydrogen-bond donors (Lipinski definition) is 0. The molecule has 1 aliphatic rings. The Morgan fingerprint density at radius 1 is 1.21 bits per heavy atom. The maximum atomic E-state index is 12.3. The van der Waals surface area contributed by atoms with Crippen molar-refractivity contribution in [1.29, 1.82) is 0 Å². The van der Waals surface area contributed by atoms with E-state index in [0.29, 0.717) is 0 Å². The molecule has 0 aromatic heterocycles. The van der Waals surface area contributed by atoms with Gasteiger partial charge in [0.1, 0.15) is 0 Å². The first kappa shape index (κ1) is 13.8. The highest BCUT2D eigenvalue weighted by atomic mass is 16.1. The minimum Gasteiger partial charge on any atom is -0.289 e. The minimum atomic E-state index is 0.112. The second kappa shape index (κ2) is 5.16. The zero-order valence-electron chi connectivity index (χ0n) is 12.3. The van der Waals surface area contributed by atoms with E-state index < -0.39 is 0 Å². The van der Waals surface area contributed by atoms with Crippen LogP contribution in [0.2, 0.25) is 0 Å². The molecule has 0 amide bonds. The Kier molecular flexibility index (Phi) is 3.75. The molecule has 0 atom stereocenters. The average molecular weight is 254 g/mol. The maximum Gasteiger partial charge on any atom is 0.186 e. The quantitative estimate of drug-likeness (QED) is 0.543. The number of carbonyl (C=O) groups is 1. The second-order valence-corrected chi connectivity index (χ2v) is 6.46. The van der Waals surface area contributed by atoms with Crippen LogP contribution in [-0.4, -0.2) is 5.78 Å². The van der Waals surface area contributed by atoms with Gasteiger partial charge in [0.15, 0.2) is 5.78 Å². The largest absolute Gasteiger partial charge is 0.289 e. The van der Waals surface area contributed by atoms with Gasteiger partial charge in [-0.1, -0.05) is 49.3 Å². The summed E-state index contributed by atoms with van der Waals surface area (Å²) in [5, 5.41) is 0. The Labute approximate surface area is 116 Å². The summed E-state index contributed by atoms with van der Waals surface area (Å²) < 4.78 is 0. The highest BCUT2D eigenvalue weighted by Crippen LogP contribution is 2.37. The Bertz CT molecular complexity index is 559. The molecule has 0 saturated heterocycles. The van der Waals surface area contributed by atoms with Gasteiger partial charge in [-0.3, -0.25) is 4.79 Å². The SMILES string of the molecule is CC1=C/C(=C\C(=O)c2cccc(C)c2)CC(C)(C)C1. The number of aryl methyl sites for hydroxylation is 1. The van der Waals surface area contributed by atoms with Gasteiger partial charge in [0.05, 0.1) is 0 Å². The van der Waals surface area contributed by atoms with E-state index in [9.17, 15) is 4.79 Å². The lowest BCUT2D eigenvalue weighted by molar-refractivity contribution is 0.104. The van der Waals surface area contributed by atoms with Gasteiger partial charge in [0, 0.05) is 5.56 Å². The van der Waals surface area contributed by atoms with Crippen LogP contribution in [0.5, 0.6) is 0 Å². The van der Waals surface area contributed by atoms with Crippen molar-refractivity contribution in [3.8, 4) is 0 Å². The third-order valence-corrected chi connectivity index (χ3v) is 3.49. The zero-order valence-corrected chi connectivity index (χ0v) is 12.3. The molecule has 0 unspecified atom stereocenters. The van der Waals surface area contributed by atoms with Crippen molar-refractivity contribution in [2.24, 2.45) is 5.41 Å². The number of ketones is 1. The molecule has 1 nitrogen and oxygen atoms in total. The summed E-state index contributed by atoms with van der Waals surface area (Å²) in [6.45, 7) is 8.67. The summed E-state index contributed by atoms with van der Waals surface area (Å²) in [5.74, 6) is 0.112. The fourth-order valence-corrected chi connectivity index (χ4v) is 2.93. The molecule has 100 valence electrons. The number of allylic oxidation sites excluding steroid dienone is 4. The maximum absolute atomic E-state index is 12.3. The van der Waals surface area contributed by atoms with Gasteiger partial charge >= 0.3 is 0 Å². The average Bonchev–Trinajstić information content (AvgIpc) is 2.25. The van der Waals surface area contributed by atoms with Crippen molar-refractivity contribution in [3.63, 3.8) is 0 Å². The Morgan fingerprint density at radius 3 is 2.58 bits per heavy atom. The normalized spacial score (nSPS) is 20.2. The lowest BCUT2D eigenvalue weighted by Crippen LogP contribution is -2.17. The van der Waals surface area contributed by atoms with E-state index in [0.717, 1.165) is 29.5 Å². The summed E-state index contributed by atoms with van der Waals surface area (Å²) in [6.07, 6.45) is 6.06. The molecule has 1 heteroatoms. The molecule has 0 heterocycles. The predicted octanol–water partition coefficient (Wildman–Crippen LogP) is 4.87. The van der Waals surface area contributed by atoms with Crippen LogP contribution in [0, 0.1) is 12.3 Å². The van der Waals surface area contributed by atoms with Crippen LogP contribution in [-0.2, 0) is 0 Å². The third kappa shape index (κ3) is 3.66. The zero-order chi connectivity index (χ0) is 14.0. The summed E-state index contributed by atoms with van der Waals surface area (Å²) in [6, 6.07) is 7.78. The van der Waals surface area contributed by atoms with Crippen molar-refractivity contribution in [1.82, 2.24) is 0 Å². The summed E-state index contributed by atoms with van der Waals surface area (Å²) in [5.41, 5.74) is 4.68. The van der Waals surface area contributed by atoms with E-state index in [-0.39, 0.29) is 11.2 Å². The number of hydrogen-bond acceptors (Lipinski definition) is 1. The van der Waals surface area contributed by atoms with Gasteiger partial charge in [-0.05, 0) is 49.8 Å². The molecule has 0 N–H and O–H groups in total.